The number of rotatable bonds is 7. The number of hydrogen-bond donors (Lipinski definition) is 0. The summed E-state index contributed by atoms with van der Waals surface area (Å²) in [5.41, 5.74) is 13.4. The Morgan fingerprint density at radius 3 is 1.47 bits per heavy atom. The van der Waals surface area contributed by atoms with Crippen LogP contribution in [-0.2, 0) is 0 Å². The van der Waals surface area contributed by atoms with Crippen molar-refractivity contribution in [2.45, 2.75) is 0 Å². The Labute approximate surface area is 357 Å². The van der Waals surface area contributed by atoms with Crippen LogP contribution in [0, 0.1) is 0 Å². The second-order valence-electron chi connectivity index (χ2n) is 15.5. The van der Waals surface area contributed by atoms with Crippen LogP contribution in [0.3, 0.4) is 0 Å². The van der Waals surface area contributed by atoms with Gasteiger partial charge in [0.1, 0.15) is 5.69 Å². The lowest BCUT2D eigenvalue weighted by molar-refractivity contribution is 0.979. The first-order chi connectivity index (χ1) is 30.7. The van der Waals surface area contributed by atoms with Gasteiger partial charge in [-0.1, -0.05) is 182 Å². The van der Waals surface area contributed by atoms with Crippen molar-refractivity contribution in [3.05, 3.63) is 218 Å². The summed E-state index contributed by atoms with van der Waals surface area (Å²) in [6.07, 6.45) is 0. The first-order valence-electron chi connectivity index (χ1n) is 20.8. The lowest BCUT2D eigenvalue weighted by atomic mass is 9.96. The van der Waals surface area contributed by atoms with E-state index in [1.165, 1.54) is 10.8 Å². The molecule has 4 aromatic heterocycles. The average molecular weight is 793 g/mol. The molecule has 0 atom stereocenters. The molecule has 6 nitrogen and oxygen atoms in total. The quantitative estimate of drug-likeness (QED) is 0.161. The summed E-state index contributed by atoms with van der Waals surface area (Å²) in [6, 6.07) is 76.2. The monoisotopic (exact) mass is 792 g/mol. The topological polar surface area (TPSA) is 60.9 Å². The van der Waals surface area contributed by atoms with Crippen molar-refractivity contribution in [3.63, 3.8) is 0 Å². The van der Waals surface area contributed by atoms with E-state index in [1.54, 1.807) is 0 Å². The van der Waals surface area contributed by atoms with E-state index in [2.05, 4.69) is 203 Å². The van der Waals surface area contributed by atoms with Gasteiger partial charge in [0.25, 0.3) is 0 Å². The van der Waals surface area contributed by atoms with Gasteiger partial charge in [0, 0.05) is 55.2 Å². The smallest absolute Gasteiger partial charge is 0.164 e. The summed E-state index contributed by atoms with van der Waals surface area (Å²) in [5.74, 6) is 1.82. The molecule has 0 saturated carbocycles. The highest BCUT2D eigenvalue weighted by Crippen LogP contribution is 2.42. The minimum Gasteiger partial charge on any atom is -0.309 e. The molecule has 0 aliphatic rings. The second kappa shape index (κ2) is 14.7. The van der Waals surface area contributed by atoms with Gasteiger partial charge in [-0.2, -0.15) is 5.10 Å². The van der Waals surface area contributed by atoms with E-state index in [4.69, 9.17) is 20.1 Å². The molecule has 0 N–H and O–H groups in total. The van der Waals surface area contributed by atoms with Crippen molar-refractivity contribution < 1.29 is 0 Å². The largest absolute Gasteiger partial charge is 0.309 e. The van der Waals surface area contributed by atoms with Crippen molar-refractivity contribution in [2.75, 3.05) is 0 Å². The summed E-state index contributed by atoms with van der Waals surface area (Å²) in [6.45, 7) is 0. The number of para-hydroxylation sites is 2. The van der Waals surface area contributed by atoms with Gasteiger partial charge in [-0.15, -0.1) is 0 Å². The number of fused-ring (bicyclic) bond motifs is 6. The molecule has 0 bridgehead atoms. The van der Waals surface area contributed by atoms with E-state index in [1.807, 2.05) is 24.3 Å². The van der Waals surface area contributed by atoms with Crippen molar-refractivity contribution in [2.24, 2.45) is 0 Å². The molecule has 62 heavy (non-hydrogen) atoms. The van der Waals surface area contributed by atoms with Crippen LogP contribution in [0.25, 0.3) is 112 Å². The number of pyridine rings is 1. The first kappa shape index (κ1) is 35.5. The number of hydrogen-bond acceptors (Lipinski definition) is 4. The molecular weight excluding hydrogens is 757 g/mol. The highest BCUT2D eigenvalue weighted by Gasteiger charge is 2.23. The fourth-order valence-electron chi connectivity index (χ4n) is 8.91. The van der Waals surface area contributed by atoms with E-state index >= 15 is 0 Å². The fraction of sp³-hybridized carbons (Fsp3) is 0. The maximum absolute atomic E-state index is 5.40. The molecule has 0 spiro atoms. The van der Waals surface area contributed by atoms with Crippen LogP contribution in [0.1, 0.15) is 0 Å². The van der Waals surface area contributed by atoms with E-state index < -0.39 is 0 Å². The molecule has 0 amide bonds. The van der Waals surface area contributed by atoms with Crippen LogP contribution in [0.4, 0.5) is 0 Å². The summed E-state index contributed by atoms with van der Waals surface area (Å²) < 4.78 is 4.45. The summed E-state index contributed by atoms with van der Waals surface area (Å²) in [4.78, 5) is 15.6. The first-order valence-corrected chi connectivity index (χ1v) is 20.8. The van der Waals surface area contributed by atoms with Crippen LogP contribution in [-0.4, -0.2) is 29.1 Å². The van der Waals surface area contributed by atoms with E-state index in [0.717, 1.165) is 83.3 Å². The molecular formula is C56H36N6. The predicted octanol–water partition coefficient (Wildman–Crippen LogP) is 13.8. The molecule has 0 unspecified atom stereocenters. The molecule has 0 radical (unpaired) electrons. The molecule has 290 valence electrons. The van der Waals surface area contributed by atoms with Crippen LogP contribution in [0.5, 0.6) is 0 Å². The molecule has 0 fully saturated rings. The van der Waals surface area contributed by atoms with Crippen LogP contribution in [0.2, 0.25) is 0 Å². The molecule has 0 saturated heterocycles. The number of aromatic nitrogens is 6. The Morgan fingerprint density at radius 2 is 0.839 bits per heavy atom. The van der Waals surface area contributed by atoms with Gasteiger partial charge in [0.2, 0.25) is 0 Å². The molecule has 0 aliphatic heterocycles. The highest BCUT2D eigenvalue weighted by atomic mass is 15.2. The third kappa shape index (κ3) is 5.96. The third-order valence-electron chi connectivity index (χ3n) is 11.8. The van der Waals surface area contributed by atoms with Gasteiger partial charge in [-0.05, 0) is 47.3 Å². The molecule has 8 aromatic carbocycles. The van der Waals surface area contributed by atoms with Crippen molar-refractivity contribution >= 4 is 38.1 Å². The standard InChI is InChI=1S/C56H36N6/c1-5-18-37(19-6-1)50-36-43-34-42(32-33-45(43)53-51(38-20-7-2-8-21-38)52(60-62(50)53)39-22-9-3-10-23-39)56-58-54(40-24-11-4-12-25-40)57-55(59-56)41-26-17-27-44(35-41)61-48-30-15-13-28-46(48)47-29-14-16-31-49(47)61/h1-36H. The molecule has 12 rings (SSSR count). The molecule has 0 aliphatic carbocycles. The zero-order chi connectivity index (χ0) is 41.0. The maximum Gasteiger partial charge on any atom is 0.164 e. The highest BCUT2D eigenvalue weighted by molar-refractivity contribution is 6.10. The normalized spacial score (nSPS) is 11.5. The zero-order valence-corrected chi connectivity index (χ0v) is 33.5. The van der Waals surface area contributed by atoms with Gasteiger partial charge in [-0.25, -0.2) is 19.5 Å². The van der Waals surface area contributed by atoms with Crippen LogP contribution >= 0.6 is 0 Å². The third-order valence-corrected chi connectivity index (χ3v) is 11.8. The van der Waals surface area contributed by atoms with Crippen molar-refractivity contribution in [1.29, 1.82) is 0 Å². The maximum atomic E-state index is 5.40. The van der Waals surface area contributed by atoms with Gasteiger partial charge >= 0.3 is 0 Å². The summed E-state index contributed by atoms with van der Waals surface area (Å²) in [5, 5.41) is 9.97. The Bertz CT molecular complexity index is 3560. The van der Waals surface area contributed by atoms with Crippen molar-refractivity contribution in [3.8, 4) is 73.5 Å². The zero-order valence-electron chi connectivity index (χ0n) is 33.5. The Kier molecular flexibility index (Phi) is 8.38. The van der Waals surface area contributed by atoms with Crippen LogP contribution in [0.15, 0.2) is 218 Å². The Morgan fingerprint density at radius 1 is 0.339 bits per heavy atom. The average Bonchev–Trinajstić information content (AvgIpc) is 3.92. The summed E-state index contributed by atoms with van der Waals surface area (Å²) >= 11 is 0. The Balaban J connectivity index is 1.08. The van der Waals surface area contributed by atoms with Crippen molar-refractivity contribution in [1.82, 2.24) is 29.1 Å². The fourth-order valence-corrected chi connectivity index (χ4v) is 8.91. The second-order valence-corrected chi connectivity index (χ2v) is 15.5. The predicted molar refractivity (Wildman–Crippen MR) is 253 cm³/mol. The van der Waals surface area contributed by atoms with Gasteiger partial charge in [-0.3, -0.25) is 0 Å². The minimum atomic E-state index is 0.598. The molecule has 4 heterocycles. The van der Waals surface area contributed by atoms with E-state index in [0.29, 0.717) is 17.5 Å². The lowest BCUT2D eigenvalue weighted by Gasteiger charge is -2.13. The molecule has 12 aromatic rings. The molecule has 6 heteroatoms. The SMILES string of the molecule is c1ccc(-c2nc(-c3cccc(-n4c5ccccc5c5ccccc54)c3)nc(-c3ccc4c(c3)cc(-c3ccccc3)n3nc(-c5ccccc5)c(-c5ccccc5)c43)n2)cc1. The number of nitrogens with zero attached hydrogens (tertiary/aromatic N) is 6. The minimum absolute atomic E-state index is 0.598. The van der Waals surface area contributed by atoms with E-state index in [-0.39, 0.29) is 0 Å². The van der Waals surface area contributed by atoms with Gasteiger partial charge in [0.05, 0.1) is 22.2 Å². The van der Waals surface area contributed by atoms with Crippen LogP contribution < -0.4 is 0 Å². The van der Waals surface area contributed by atoms with Gasteiger partial charge in [0.15, 0.2) is 17.5 Å². The number of benzene rings is 8. The van der Waals surface area contributed by atoms with Gasteiger partial charge < -0.3 is 4.57 Å². The lowest BCUT2D eigenvalue weighted by Crippen LogP contribution is -2.01. The summed E-state index contributed by atoms with van der Waals surface area (Å²) in [7, 11) is 0. The Hall–Kier alpha value is -8.48. The van der Waals surface area contributed by atoms with E-state index in [9.17, 15) is 0 Å².